The van der Waals surface area contributed by atoms with Crippen LogP contribution in [0.1, 0.15) is 13.3 Å². The molecule has 0 aliphatic carbocycles. The van der Waals surface area contributed by atoms with Gasteiger partial charge in [-0.25, -0.2) is 4.98 Å². The zero-order valence-electron chi connectivity index (χ0n) is 10.1. The number of hydrogen-bond acceptors (Lipinski definition) is 3. The summed E-state index contributed by atoms with van der Waals surface area (Å²) in [6.07, 6.45) is 8.53. The number of aromatic nitrogens is 3. The maximum atomic E-state index is 4.22. The second-order valence-electron chi connectivity index (χ2n) is 3.92. The van der Waals surface area contributed by atoms with Crippen molar-refractivity contribution in [3.63, 3.8) is 0 Å². The van der Waals surface area contributed by atoms with Gasteiger partial charge in [0.1, 0.15) is 0 Å². The molecule has 0 saturated carbocycles. The van der Waals surface area contributed by atoms with E-state index in [2.05, 4.69) is 26.8 Å². The van der Waals surface area contributed by atoms with Gasteiger partial charge in [0.2, 0.25) is 0 Å². The molecule has 0 bridgehead atoms. The van der Waals surface area contributed by atoms with Gasteiger partial charge in [0.15, 0.2) is 0 Å². The number of nitrogens with one attached hydrogen (secondary N) is 1. The molecule has 0 aliphatic heterocycles. The Labute approximate surface area is 102 Å². The zero-order valence-corrected chi connectivity index (χ0v) is 10.1. The number of hydrogen-bond donors (Lipinski definition) is 1. The number of pyridine rings is 1. The van der Waals surface area contributed by atoms with Crippen molar-refractivity contribution in [3.8, 4) is 11.3 Å². The van der Waals surface area contributed by atoms with E-state index < -0.39 is 0 Å². The molecule has 17 heavy (non-hydrogen) atoms. The molecular weight excluding hydrogens is 212 g/mol. The molecule has 1 N–H and O–H groups in total. The van der Waals surface area contributed by atoms with Gasteiger partial charge in [-0.05, 0) is 31.6 Å². The molecule has 0 spiro atoms. The summed E-state index contributed by atoms with van der Waals surface area (Å²) in [6, 6.07) is 4.02. The zero-order chi connectivity index (χ0) is 11.9. The molecule has 0 atom stereocenters. The van der Waals surface area contributed by atoms with E-state index in [1.54, 1.807) is 0 Å². The Kier molecular flexibility index (Phi) is 4.27. The summed E-state index contributed by atoms with van der Waals surface area (Å²) in [5, 5.41) is 3.33. The van der Waals surface area contributed by atoms with Crippen LogP contribution >= 0.6 is 0 Å². The van der Waals surface area contributed by atoms with Crippen LogP contribution in [0, 0.1) is 0 Å². The highest BCUT2D eigenvalue weighted by atomic mass is 15.0. The van der Waals surface area contributed by atoms with Crippen LogP contribution in [0.15, 0.2) is 37.1 Å². The lowest BCUT2D eigenvalue weighted by Crippen LogP contribution is -2.16. The fraction of sp³-hybridized carbons (Fsp3) is 0.385. The van der Waals surface area contributed by atoms with Gasteiger partial charge in [0, 0.05) is 24.5 Å². The molecule has 90 valence electrons. The van der Waals surface area contributed by atoms with Crippen LogP contribution in [0.25, 0.3) is 11.3 Å². The Morgan fingerprint density at radius 3 is 2.82 bits per heavy atom. The summed E-state index contributed by atoms with van der Waals surface area (Å²) < 4.78 is 2.19. The number of aryl methyl sites for hydroxylation is 1. The first kappa shape index (κ1) is 11.8. The van der Waals surface area contributed by atoms with E-state index in [0.29, 0.717) is 0 Å². The van der Waals surface area contributed by atoms with Crippen molar-refractivity contribution in [1.29, 1.82) is 0 Å². The standard InChI is InChI=1S/C13H18N4/c1-2-14-6-3-9-17-11-16-10-13(17)12-4-7-15-8-5-12/h4-5,7-8,10-11,14H,2-3,6,9H2,1H3. The van der Waals surface area contributed by atoms with Crippen molar-refractivity contribution < 1.29 is 0 Å². The van der Waals surface area contributed by atoms with E-state index in [4.69, 9.17) is 0 Å². The molecule has 0 fully saturated rings. The Morgan fingerprint density at radius 1 is 1.24 bits per heavy atom. The summed E-state index contributed by atoms with van der Waals surface area (Å²) >= 11 is 0. The van der Waals surface area contributed by atoms with Crippen LogP contribution in [0.4, 0.5) is 0 Å². The summed E-state index contributed by atoms with van der Waals surface area (Å²) in [5.74, 6) is 0. The van der Waals surface area contributed by atoms with E-state index in [1.807, 2.05) is 37.1 Å². The SMILES string of the molecule is CCNCCCn1cncc1-c1ccncc1. The first-order chi connectivity index (χ1) is 8.42. The highest BCUT2D eigenvalue weighted by molar-refractivity contribution is 5.57. The minimum atomic E-state index is 0.991. The molecule has 0 amide bonds. The van der Waals surface area contributed by atoms with Gasteiger partial charge >= 0.3 is 0 Å². The Bertz CT molecular complexity index is 436. The third-order valence-electron chi connectivity index (χ3n) is 2.69. The molecule has 2 aromatic rings. The van der Waals surface area contributed by atoms with Crippen LogP contribution in [0.3, 0.4) is 0 Å². The third-order valence-corrected chi connectivity index (χ3v) is 2.69. The second-order valence-corrected chi connectivity index (χ2v) is 3.92. The normalized spacial score (nSPS) is 10.6. The van der Waals surface area contributed by atoms with Crippen molar-refractivity contribution in [3.05, 3.63) is 37.1 Å². The quantitative estimate of drug-likeness (QED) is 0.771. The van der Waals surface area contributed by atoms with E-state index >= 15 is 0 Å². The van der Waals surface area contributed by atoms with Crippen molar-refractivity contribution in [2.75, 3.05) is 13.1 Å². The van der Waals surface area contributed by atoms with Crippen LogP contribution in [0.2, 0.25) is 0 Å². The maximum Gasteiger partial charge on any atom is 0.0950 e. The fourth-order valence-electron chi connectivity index (χ4n) is 1.81. The Morgan fingerprint density at radius 2 is 2.06 bits per heavy atom. The second kappa shape index (κ2) is 6.15. The molecule has 0 aromatic carbocycles. The van der Waals surface area contributed by atoms with Gasteiger partial charge in [-0.1, -0.05) is 6.92 Å². The van der Waals surface area contributed by atoms with Gasteiger partial charge in [-0.2, -0.15) is 0 Å². The van der Waals surface area contributed by atoms with Gasteiger partial charge in [0.05, 0.1) is 18.2 Å². The van der Waals surface area contributed by atoms with E-state index in [9.17, 15) is 0 Å². The summed E-state index contributed by atoms with van der Waals surface area (Å²) in [4.78, 5) is 8.25. The molecule has 2 rings (SSSR count). The van der Waals surface area contributed by atoms with Crippen molar-refractivity contribution in [2.45, 2.75) is 19.9 Å². The third kappa shape index (κ3) is 3.14. The van der Waals surface area contributed by atoms with E-state index in [0.717, 1.165) is 31.7 Å². The lowest BCUT2D eigenvalue weighted by atomic mass is 10.2. The monoisotopic (exact) mass is 230 g/mol. The van der Waals surface area contributed by atoms with Gasteiger partial charge in [-0.3, -0.25) is 4.98 Å². The van der Waals surface area contributed by atoms with Crippen LogP contribution in [-0.2, 0) is 6.54 Å². The van der Waals surface area contributed by atoms with Gasteiger partial charge < -0.3 is 9.88 Å². The van der Waals surface area contributed by atoms with Crippen LogP contribution in [0.5, 0.6) is 0 Å². The average molecular weight is 230 g/mol. The first-order valence-electron chi connectivity index (χ1n) is 6.03. The van der Waals surface area contributed by atoms with Crippen LogP contribution < -0.4 is 5.32 Å². The Balaban J connectivity index is 2.02. The summed E-state index contributed by atoms with van der Waals surface area (Å²) in [7, 11) is 0. The fourth-order valence-corrected chi connectivity index (χ4v) is 1.81. The highest BCUT2D eigenvalue weighted by Crippen LogP contribution is 2.17. The van der Waals surface area contributed by atoms with Crippen molar-refractivity contribution >= 4 is 0 Å². The van der Waals surface area contributed by atoms with Crippen molar-refractivity contribution in [1.82, 2.24) is 19.9 Å². The minimum absolute atomic E-state index is 0.991. The van der Waals surface area contributed by atoms with E-state index in [-0.39, 0.29) is 0 Å². The number of nitrogens with zero attached hydrogens (tertiary/aromatic N) is 3. The predicted octanol–water partition coefficient (Wildman–Crippen LogP) is 1.94. The first-order valence-corrected chi connectivity index (χ1v) is 6.03. The minimum Gasteiger partial charge on any atom is -0.331 e. The number of imidazole rings is 1. The van der Waals surface area contributed by atoms with Crippen molar-refractivity contribution in [2.24, 2.45) is 0 Å². The molecule has 4 nitrogen and oxygen atoms in total. The lowest BCUT2D eigenvalue weighted by molar-refractivity contribution is 0.595. The van der Waals surface area contributed by atoms with Gasteiger partial charge in [0.25, 0.3) is 0 Å². The van der Waals surface area contributed by atoms with Crippen LogP contribution in [-0.4, -0.2) is 27.6 Å². The molecule has 4 heteroatoms. The maximum absolute atomic E-state index is 4.22. The van der Waals surface area contributed by atoms with E-state index in [1.165, 1.54) is 5.56 Å². The molecule has 2 aromatic heterocycles. The topological polar surface area (TPSA) is 42.7 Å². The molecule has 0 aliphatic rings. The molecule has 0 unspecified atom stereocenters. The lowest BCUT2D eigenvalue weighted by Gasteiger charge is -2.08. The molecule has 2 heterocycles. The summed E-state index contributed by atoms with van der Waals surface area (Å²) in [5.41, 5.74) is 2.32. The molecule has 0 saturated heterocycles. The highest BCUT2D eigenvalue weighted by Gasteiger charge is 2.03. The Hall–Kier alpha value is -1.68. The molecular formula is C13H18N4. The predicted molar refractivity (Wildman–Crippen MR) is 68.6 cm³/mol. The summed E-state index contributed by atoms with van der Waals surface area (Å²) in [6.45, 7) is 5.19. The van der Waals surface area contributed by atoms with Gasteiger partial charge in [-0.15, -0.1) is 0 Å². The smallest absolute Gasteiger partial charge is 0.0950 e. The average Bonchev–Trinajstić information content (AvgIpc) is 2.84. The largest absolute Gasteiger partial charge is 0.331 e. The number of rotatable bonds is 6. The molecule has 0 radical (unpaired) electrons.